The lowest BCUT2D eigenvalue weighted by molar-refractivity contribution is -0.117. The first-order chi connectivity index (χ1) is 11.1. The van der Waals surface area contributed by atoms with Gasteiger partial charge in [-0.2, -0.15) is 5.26 Å². The lowest BCUT2D eigenvalue weighted by Gasteiger charge is -2.32. The zero-order valence-electron chi connectivity index (χ0n) is 13.8. The highest BCUT2D eigenvalue weighted by molar-refractivity contribution is 8.14. The second kappa shape index (κ2) is 7.91. The predicted octanol–water partition coefficient (Wildman–Crippen LogP) is 3.05. The Bertz CT molecular complexity index is 666. The quantitative estimate of drug-likeness (QED) is 0.823. The molecule has 1 atom stereocenters. The first kappa shape index (κ1) is 18.6. The van der Waals surface area contributed by atoms with Crippen molar-refractivity contribution in [2.24, 2.45) is 4.99 Å². The van der Waals surface area contributed by atoms with Gasteiger partial charge in [-0.1, -0.05) is 23.9 Å². The summed E-state index contributed by atoms with van der Waals surface area (Å²) in [4.78, 5) is 20.9. The van der Waals surface area contributed by atoms with E-state index in [9.17, 15) is 4.79 Å². The molecule has 24 heavy (non-hydrogen) atoms. The van der Waals surface area contributed by atoms with Crippen LogP contribution in [0.3, 0.4) is 0 Å². The van der Waals surface area contributed by atoms with Crippen LogP contribution in [0.4, 0.5) is 5.69 Å². The number of rotatable bonds is 4. The van der Waals surface area contributed by atoms with E-state index in [1.54, 1.807) is 18.7 Å². The predicted molar refractivity (Wildman–Crippen MR) is 101 cm³/mol. The highest BCUT2D eigenvalue weighted by atomic mass is 35.5. The minimum absolute atomic E-state index is 0. The molecule has 0 N–H and O–H groups in total. The molecule has 1 aliphatic carbocycles. The molecular weight excluding hydrogens is 344 g/mol. The van der Waals surface area contributed by atoms with Crippen LogP contribution in [0.15, 0.2) is 29.3 Å². The van der Waals surface area contributed by atoms with Crippen LogP contribution in [0.25, 0.3) is 0 Å². The Kier molecular flexibility index (Phi) is 6.14. The SMILES string of the molecule is CC(=O)N(c1ccc(CC#N)cc1)C1CSC(=NC2CC2)N1C.Cl. The van der Waals surface area contributed by atoms with Crippen LogP contribution in [0.2, 0.25) is 0 Å². The van der Waals surface area contributed by atoms with Crippen molar-refractivity contribution >= 4 is 40.9 Å². The average Bonchev–Trinajstić information content (AvgIpc) is 3.28. The molecule has 3 rings (SSSR count). The molecule has 1 amide bonds. The van der Waals surface area contributed by atoms with Gasteiger partial charge >= 0.3 is 0 Å². The summed E-state index contributed by atoms with van der Waals surface area (Å²) >= 11 is 1.72. The molecule has 1 unspecified atom stereocenters. The van der Waals surface area contributed by atoms with Crippen molar-refractivity contribution in [3.8, 4) is 6.07 Å². The fourth-order valence-electron chi connectivity index (χ4n) is 2.66. The molecule has 0 radical (unpaired) electrons. The summed E-state index contributed by atoms with van der Waals surface area (Å²) in [6, 6.07) is 10.3. The standard InChI is InChI=1S/C17H20N4OS.ClH/c1-12(22)21(15-7-3-13(4-8-15)9-10-18)16-11-23-17(20(16)2)19-14-5-6-14;/h3-4,7-8,14,16H,5-6,9,11H2,1-2H3;1H. The van der Waals surface area contributed by atoms with E-state index in [4.69, 9.17) is 10.3 Å². The molecule has 0 bridgehead atoms. The minimum atomic E-state index is -0.0168. The summed E-state index contributed by atoms with van der Waals surface area (Å²) in [6.07, 6.45) is 2.73. The number of carbonyl (C=O) groups is 1. The number of hydrogen-bond donors (Lipinski definition) is 0. The van der Waals surface area contributed by atoms with Crippen LogP contribution in [0, 0.1) is 11.3 Å². The zero-order chi connectivity index (χ0) is 16.4. The lowest BCUT2D eigenvalue weighted by atomic mass is 10.1. The van der Waals surface area contributed by atoms with Crippen LogP contribution in [0.1, 0.15) is 25.3 Å². The maximum absolute atomic E-state index is 12.2. The first-order valence-corrected chi connectivity index (χ1v) is 8.78. The summed E-state index contributed by atoms with van der Waals surface area (Å²) in [6.45, 7) is 1.59. The van der Waals surface area contributed by atoms with E-state index in [1.807, 2.05) is 36.2 Å². The largest absolute Gasteiger partial charge is 0.333 e. The van der Waals surface area contributed by atoms with E-state index in [-0.39, 0.29) is 24.5 Å². The Labute approximate surface area is 153 Å². The highest BCUT2D eigenvalue weighted by Gasteiger charge is 2.35. The third-order valence-corrected chi connectivity index (χ3v) is 5.20. The van der Waals surface area contributed by atoms with Crippen LogP contribution >= 0.6 is 24.2 Å². The molecule has 7 heteroatoms. The maximum atomic E-state index is 12.2. The van der Waals surface area contributed by atoms with Gasteiger partial charge in [-0.25, -0.2) is 0 Å². The monoisotopic (exact) mass is 364 g/mol. The molecular formula is C17H21ClN4OS. The van der Waals surface area contributed by atoms with E-state index < -0.39 is 0 Å². The Hall–Kier alpha value is -1.71. The molecule has 1 aromatic carbocycles. The van der Waals surface area contributed by atoms with Gasteiger partial charge in [0.1, 0.15) is 6.17 Å². The molecule has 2 fully saturated rings. The normalized spacial score (nSPS) is 21.3. The molecule has 128 valence electrons. The van der Waals surface area contributed by atoms with Crippen molar-refractivity contribution in [3.05, 3.63) is 29.8 Å². The average molecular weight is 365 g/mol. The van der Waals surface area contributed by atoms with E-state index in [2.05, 4.69) is 11.0 Å². The smallest absolute Gasteiger partial charge is 0.225 e. The Balaban J connectivity index is 0.00000208. The van der Waals surface area contributed by atoms with Crippen molar-refractivity contribution in [2.45, 2.75) is 38.4 Å². The fourth-order valence-corrected chi connectivity index (χ4v) is 3.88. The van der Waals surface area contributed by atoms with Crippen molar-refractivity contribution in [1.82, 2.24) is 4.90 Å². The maximum Gasteiger partial charge on any atom is 0.225 e. The van der Waals surface area contributed by atoms with Gasteiger partial charge in [0, 0.05) is 25.4 Å². The van der Waals surface area contributed by atoms with E-state index in [0.717, 1.165) is 22.2 Å². The summed E-state index contributed by atoms with van der Waals surface area (Å²) in [5, 5.41) is 9.80. The van der Waals surface area contributed by atoms with Crippen LogP contribution in [-0.2, 0) is 11.2 Å². The van der Waals surface area contributed by atoms with Crippen LogP contribution in [-0.4, -0.2) is 41.0 Å². The van der Waals surface area contributed by atoms with Gasteiger partial charge in [0.25, 0.3) is 0 Å². The van der Waals surface area contributed by atoms with Gasteiger partial charge in [-0.05, 0) is 30.5 Å². The molecule has 2 aliphatic rings. The number of halogens is 1. The number of amides is 1. The molecule has 1 saturated carbocycles. The number of nitrogens with zero attached hydrogens (tertiary/aromatic N) is 4. The van der Waals surface area contributed by atoms with Gasteiger partial charge in [0.2, 0.25) is 5.91 Å². The van der Waals surface area contributed by atoms with Crippen LogP contribution < -0.4 is 4.90 Å². The fraction of sp³-hybridized carbons (Fsp3) is 0.471. The van der Waals surface area contributed by atoms with Gasteiger partial charge in [0.15, 0.2) is 5.17 Å². The van der Waals surface area contributed by atoms with E-state index in [0.29, 0.717) is 12.5 Å². The molecule has 1 aliphatic heterocycles. The number of aliphatic imine (C=N–C) groups is 1. The topological polar surface area (TPSA) is 59.7 Å². The van der Waals surface area contributed by atoms with E-state index >= 15 is 0 Å². The highest BCUT2D eigenvalue weighted by Crippen LogP contribution is 2.32. The Morgan fingerprint density at radius 1 is 1.42 bits per heavy atom. The molecule has 1 heterocycles. The number of anilines is 1. The third-order valence-electron chi connectivity index (χ3n) is 4.09. The van der Waals surface area contributed by atoms with Gasteiger partial charge < -0.3 is 4.90 Å². The molecule has 0 spiro atoms. The number of hydrogen-bond acceptors (Lipinski definition) is 4. The van der Waals surface area contributed by atoms with Crippen molar-refractivity contribution in [1.29, 1.82) is 5.26 Å². The second-order valence-corrected chi connectivity index (χ2v) is 6.92. The Morgan fingerprint density at radius 2 is 2.08 bits per heavy atom. The second-order valence-electron chi connectivity index (χ2n) is 5.94. The summed E-state index contributed by atoms with van der Waals surface area (Å²) in [5.41, 5.74) is 1.83. The molecule has 1 aromatic rings. The summed E-state index contributed by atoms with van der Waals surface area (Å²) in [7, 11) is 2.01. The number of carbonyl (C=O) groups excluding carboxylic acids is 1. The summed E-state index contributed by atoms with van der Waals surface area (Å²) < 4.78 is 0. The number of benzene rings is 1. The molecule has 5 nitrogen and oxygen atoms in total. The van der Waals surface area contributed by atoms with Gasteiger partial charge in [0.05, 0.1) is 18.5 Å². The van der Waals surface area contributed by atoms with Crippen molar-refractivity contribution in [2.75, 3.05) is 17.7 Å². The van der Waals surface area contributed by atoms with Crippen molar-refractivity contribution in [3.63, 3.8) is 0 Å². The van der Waals surface area contributed by atoms with Crippen molar-refractivity contribution < 1.29 is 4.79 Å². The lowest BCUT2D eigenvalue weighted by Crippen LogP contribution is -2.48. The third kappa shape index (κ3) is 4.03. The zero-order valence-corrected chi connectivity index (χ0v) is 15.4. The Morgan fingerprint density at radius 3 is 2.62 bits per heavy atom. The summed E-state index contributed by atoms with van der Waals surface area (Å²) in [5.74, 6) is 0.838. The number of nitriles is 1. The number of amidine groups is 1. The molecule has 1 saturated heterocycles. The van der Waals surface area contributed by atoms with Gasteiger partial charge in [-0.3, -0.25) is 14.7 Å². The minimum Gasteiger partial charge on any atom is -0.333 e. The molecule has 0 aromatic heterocycles. The number of thioether (sulfide) groups is 1. The van der Waals surface area contributed by atoms with Gasteiger partial charge in [-0.15, -0.1) is 12.4 Å². The van der Waals surface area contributed by atoms with E-state index in [1.165, 1.54) is 12.8 Å². The van der Waals surface area contributed by atoms with Crippen LogP contribution in [0.5, 0.6) is 0 Å². The first-order valence-electron chi connectivity index (χ1n) is 7.79.